The number of carbonyl (C=O) groups excluding carboxylic acids is 1. The highest BCUT2D eigenvalue weighted by atomic mass is 79.9. The first-order valence-corrected chi connectivity index (χ1v) is 4.57. The average Bonchev–Trinajstić information content (AvgIpc) is 2.30. The number of pyridine rings is 1. The van der Waals surface area contributed by atoms with E-state index in [1.807, 2.05) is 30.6 Å². The van der Waals surface area contributed by atoms with Gasteiger partial charge in [0.15, 0.2) is 0 Å². The second kappa shape index (κ2) is 7.82. The van der Waals surface area contributed by atoms with Crippen molar-refractivity contribution in [3.63, 3.8) is 0 Å². The Morgan fingerprint density at radius 2 is 1.75 bits per heavy atom. The number of aromatic nitrogens is 1. The van der Waals surface area contributed by atoms with Gasteiger partial charge in [0, 0.05) is 19.3 Å². The van der Waals surface area contributed by atoms with Crippen molar-refractivity contribution in [2.24, 2.45) is 0 Å². The number of nitrogens with zero attached hydrogens (tertiary/aromatic N) is 1. The molecule has 0 N–H and O–H groups in total. The van der Waals surface area contributed by atoms with Gasteiger partial charge in [0.05, 0.1) is 7.11 Å². The Labute approximate surface area is 105 Å². The third-order valence-electron chi connectivity index (χ3n) is 1.84. The summed E-state index contributed by atoms with van der Waals surface area (Å²) in [6.07, 6.45) is 3.68. The summed E-state index contributed by atoms with van der Waals surface area (Å²) in [6, 6.07) is 10.2. The number of ether oxygens (including phenoxy) is 1. The minimum atomic E-state index is -0.245. The van der Waals surface area contributed by atoms with Gasteiger partial charge >= 0.3 is 5.97 Å². The van der Waals surface area contributed by atoms with Crippen molar-refractivity contribution in [2.75, 3.05) is 7.11 Å². The van der Waals surface area contributed by atoms with Gasteiger partial charge in [0.25, 0.3) is 0 Å². The number of esters is 1. The van der Waals surface area contributed by atoms with Gasteiger partial charge in [0.2, 0.25) is 0 Å². The molecule has 2 rings (SSSR count). The van der Waals surface area contributed by atoms with E-state index in [9.17, 15) is 4.79 Å². The molecule has 0 saturated heterocycles. The van der Waals surface area contributed by atoms with Crippen LogP contribution in [0.3, 0.4) is 0 Å². The van der Waals surface area contributed by atoms with Crippen molar-refractivity contribution in [3.8, 4) is 0 Å². The Morgan fingerprint density at radius 3 is 2.25 bits per heavy atom. The van der Waals surface area contributed by atoms with E-state index in [1.54, 1.807) is 0 Å². The van der Waals surface area contributed by atoms with E-state index in [-0.39, 0.29) is 23.0 Å². The van der Waals surface area contributed by atoms with Gasteiger partial charge in [-0.3, -0.25) is 9.78 Å². The first-order chi connectivity index (χ1) is 7.24. The summed E-state index contributed by atoms with van der Waals surface area (Å²) < 4.78 is 4.11. The molecular weight excluding hydrogens is 270 g/mol. The Kier molecular flexibility index (Phi) is 7.12. The molecule has 0 aliphatic carbocycles. The van der Waals surface area contributed by atoms with Crippen LogP contribution in [0, 0.1) is 0 Å². The van der Waals surface area contributed by atoms with Gasteiger partial charge in [-0.25, -0.2) is 0 Å². The maximum Gasteiger partial charge on any atom is 0.302 e. The third-order valence-corrected chi connectivity index (χ3v) is 1.84. The normalized spacial score (nSPS) is 8.38. The van der Waals surface area contributed by atoms with Crippen LogP contribution in [0.4, 0.5) is 0 Å². The van der Waals surface area contributed by atoms with Crippen LogP contribution >= 0.6 is 17.0 Å². The van der Waals surface area contributed by atoms with Gasteiger partial charge < -0.3 is 4.74 Å². The second-order valence-corrected chi connectivity index (χ2v) is 2.92. The van der Waals surface area contributed by atoms with Crippen LogP contribution in [0.5, 0.6) is 0 Å². The Hall–Kier alpha value is -1.42. The highest BCUT2D eigenvalue weighted by molar-refractivity contribution is 8.93. The van der Waals surface area contributed by atoms with E-state index >= 15 is 0 Å². The van der Waals surface area contributed by atoms with E-state index in [4.69, 9.17) is 0 Å². The third kappa shape index (κ3) is 4.89. The van der Waals surface area contributed by atoms with Crippen LogP contribution in [0.2, 0.25) is 0 Å². The lowest BCUT2D eigenvalue weighted by atomic mass is 10.2. The molecule has 3 nitrogen and oxygen atoms in total. The summed E-state index contributed by atoms with van der Waals surface area (Å²) >= 11 is 0. The molecule has 1 aromatic heterocycles. The Morgan fingerprint density at radius 1 is 1.19 bits per heavy atom. The molecular formula is C12H14BrNO2. The van der Waals surface area contributed by atoms with Crippen molar-refractivity contribution in [1.29, 1.82) is 0 Å². The highest BCUT2D eigenvalue weighted by Crippen LogP contribution is 2.09. The molecule has 0 aliphatic rings. The minimum absolute atomic E-state index is 0. The zero-order chi connectivity index (χ0) is 11.1. The smallest absolute Gasteiger partial charge is 0.302 e. The van der Waals surface area contributed by atoms with E-state index < -0.39 is 0 Å². The number of hydrogen-bond donors (Lipinski definition) is 0. The average molecular weight is 284 g/mol. The SMILES string of the molecule is Br.COC(C)=O.c1ccc2cnccc2c1. The van der Waals surface area contributed by atoms with Crippen molar-refractivity contribution in [3.05, 3.63) is 42.7 Å². The van der Waals surface area contributed by atoms with E-state index in [1.165, 1.54) is 24.8 Å². The molecule has 0 aliphatic heterocycles. The molecule has 0 amide bonds. The van der Waals surface area contributed by atoms with Gasteiger partial charge in [-0.2, -0.15) is 0 Å². The number of halogens is 1. The van der Waals surface area contributed by atoms with Gasteiger partial charge in [-0.1, -0.05) is 24.3 Å². The van der Waals surface area contributed by atoms with Crippen LogP contribution < -0.4 is 0 Å². The zero-order valence-corrected chi connectivity index (χ0v) is 10.9. The second-order valence-electron chi connectivity index (χ2n) is 2.92. The number of methoxy groups -OCH3 is 1. The summed E-state index contributed by atoms with van der Waals surface area (Å²) in [5.74, 6) is -0.245. The van der Waals surface area contributed by atoms with E-state index in [0.717, 1.165) is 0 Å². The lowest BCUT2D eigenvalue weighted by Gasteiger charge is -1.91. The van der Waals surface area contributed by atoms with Gasteiger partial charge in [0.1, 0.15) is 0 Å². The van der Waals surface area contributed by atoms with Crippen LogP contribution in [0.15, 0.2) is 42.7 Å². The fourth-order valence-electron chi connectivity index (χ4n) is 1.03. The summed E-state index contributed by atoms with van der Waals surface area (Å²) in [6.45, 7) is 1.36. The summed E-state index contributed by atoms with van der Waals surface area (Å²) in [5.41, 5.74) is 0. The van der Waals surface area contributed by atoms with Crippen molar-refractivity contribution in [2.45, 2.75) is 6.92 Å². The summed E-state index contributed by atoms with van der Waals surface area (Å²) in [5, 5.41) is 2.45. The predicted octanol–water partition coefficient (Wildman–Crippen LogP) is 2.99. The number of carbonyl (C=O) groups is 1. The molecule has 0 spiro atoms. The first-order valence-electron chi connectivity index (χ1n) is 4.57. The summed E-state index contributed by atoms with van der Waals surface area (Å²) in [7, 11) is 1.35. The lowest BCUT2D eigenvalue weighted by molar-refractivity contribution is -0.137. The van der Waals surface area contributed by atoms with E-state index in [2.05, 4.69) is 21.9 Å². The van der Waals surface area contributed by atoms with Crippen LogP contribution in [-0.4, -0.2) is 18.1 Å². The topological polar surface area (TPSA) is 39.2 Å². The monoisotopic (exact) mass is 283 g/mol. The predicted molar refractivity (Wildman–Crippen MR) is 69.8 cm³/mol. The molecule has 0 fully saturated rings. The van der Waals surface area contributed by atoms with Crippen molar-refractivity contribution < 1.29 is 9.53 Å². The van der Waals surface area contributed by atoms with E-state index in [0.29, 0.717) is 0 Å². The molecule has 0 saturated carbocycles. The van der Waals surface area contributed by atoms with Crippen molar-refractivity contribution >= 4 is 33.7 Å². The molecule has 1 aromatic carbocycles. The molecule has 86 valence electrons. The fourth-order valence-corrected chi connectivity index (χ4v) is 1.03. The van der Waals surface area contributed by atoms with Crippen LogP contribution in [0.25, 0.3) is 10.8 Å². The molecule has 16 heavy (non-hydrogen) atoms. The first kappa shape index (κ1) is 14.6. The lowest BCUT2D eigenvalue weighted by Crippen LogP contribution is -1.88. The molecule has 0 bridgehead atoms. The number of rotatable bonds is 0. The standard InChI is InChI=1S/C9H7N.C3H6O2.BrH/c1-2-4-9-7-10-6-5-8(9)3-1;1-3(4)5-2;/h1-7H;1-2H3;1H. The molecule has 2 aromatic rings. The van der Waals surface area contributed by atoms with Gasteiger partial charge in [-0.05, 0) is 16.8 Å². The minimum Gasteiger partial charge on any atom is -0.469 e. The quantitative estimate of drug-likeness (QED) is 0.698. The van der Waals surface area contributed by atoms with Crippen molar-refractivity contribution in [1.82, 2.24) is 4.98 Å². The van der Waals surface area contributed by atoms with Gasteiger partial charge in [-0.15, -0.1) is 17.0 Å². The molecule has 0 atom stereocenters. The zero-order valence-electron chi connectivity index (χ0n) is 9.21. The molecule has 0 unspecified atom stereocenters. The maximum absolute atomic E-state index is 9.59. The van der Waals surface area contributed by atoms with Crippen LogP contribution in [0.1, 0.15) is 6.92 Å². The summed E-state index contributed by atoms with van der Waals surface area (Å²) in [4.78, 5) is 13.6. The maximum atomic E-state index is 9.59. The molecule has 4 heteroatoms. The van der Waals surface area contributed by atoms with Crippen LogP contribution in [-0.2, 0) is 9.53 Å². The number of fused-ring (bicyclic) bond motifs is 1. The largest absolute Gasteiger partial charge is 0.469 e. The fraction of sp³-hybridized carbons (Fsp3) is 0.167. The molecule has 0 radical (unpaired) electrons. The highest BCUT2D eigenvalue weighted by Gasteiger charge is 1.86. The number of hydrogen-bond acceptors (Lipinski definition) is 3. The number of benzene rings is 1. The Balaban J connectivity index is 0.000000330. The Bertz CT molecular complexity index is 380. The molecule has 1 heterocycles.